The van der Waals surface area contributed by atoms with Crippen molar-refractivity contribution in [3.05, 3.63) is 33.8 Å². The summed E-state index contributed by atoms with van der Waals surface area (Å²) in [7, 11) is 0. The molecule has 4 heterocycles. The van der Waals surface area contributed by atoms with Gasteiger partial charge in [-0.3, -0.25) is 14.5 Å². The molecule has 0 atom stereocenters. The van der Waals surface area contributed by atoms with Crippen LogP contribution < -0.4 is 5.73 Å². The van der Waals surface area contributed by atoms with Gasteiger partial charge < -0.3 is 15.7 Å². The predicted molar refractivity (Wildman–Crippen MR) is 128 cm³/mol. The number of nitrogens with two attached hydrogens (primary N) is 1. The Hall–Kier alpha value is -2.96. The molecule has 0 aliphatic carbocycles. The van der Waals surface area contributed by atoms with E-state index in [-0.39, 0.29) is 18.3 Å². The molecule has 0 bridgehead atoms. The maximum Gasteiger partial charge on any atom is 0.290 e. The smallest absolute Gasteiger partial charge is 0.290 e. The van der Waals surface area contributed by atoms with Gasteiger partial charge in [-0.2, -0.15) is 5.26 Å². The fraction of sp³-hybridized carbons (Fsp3) is 0.500. The normalized spacial score (nSPS) is 15.9. The van der Waals surface area contributed by atoms with Crippen molar-refractivity contribution >= 4 is 29.5 Å². The van der Waals surface area contributed by atoms with Crippen LogP contribution in [0.2, 0.25) is 0 Å². The molecule has 0 spiro atoms. The number of nitriles is 1. The van der Waals surface area contributed by atoms with Gasteiger partial charge in [0.05, 0.1) is 5.69 Å². The summed E-state index contributed by atoms with van der Waals surface area (Å²) >= 11 is 1.73. The monoisotopic (exact) mass is 469 g/mol. The number of amides is 1. The zero-order chi connectivity index (χ0) is 24.0. The minimum absolute atomic E-state index is 0.0509. The van der Waals surface area contributed by atoms with Gasteiger partial charge >= 0.3 is 0 Å². The Labute approximate surface area is 198 Å². The number of carbonyl (C=O) groups is 2. The zero-order valence-electron chi connectivity index (χ0n) is 19.2. The number of likely N-dealkylation sites (tertiary alicyclic amines) is 1. The van der Waals surface area contributed by atoms with E-state index in [2.05, 4.69) is 28.1 Å². The van der Waals surface area contributed by atoms with E-state index in [1.165, 1.54) is 24.1 Å². The molecule has 2 aliphatic heterocycles. The number of carboxylic acid groups (broad SMARTS) is 1. The largest absolute Gasteiger partial charge is 0.483 e. The maximum atomic E-state index is 12.6. The number of rotatable bonds is 4. The highest BCUT2D eigenvalue weighted by molar-refractivity contribution is 7.15. The van der Waals surface area contributed by atoms with E-state index in [0.717, 1.165) is 41.3 Å². The number of nitrogens with zero attached hydrogens (tertiary/aromatic N) is 4. The Balaban J connectivity index is 0.000000968. The minimum Gasteiger partial charge on any atom is -0.483 e. The molecule has 2 aliphatic rings. The Kier molecular flexibility index (Phi) is 8.42. The molecule has 33 heavy (non-hydrogen) atoms. The number of nitrogen functional groups attached to an aromatic ring is 1. The molecule has 8 nitrogen and oxygen atoms in total. The van der Waals surface area contributed by atoms with Gasteiger partial charge in [-0.25, -0.2) is 4.98 Å². The third-order valence-electron chi connectivity index (χ3n) is 6.03. The summed E-state index contributed by atoms with van der Waals surface area (Å²) in [5.41, 5.74) is 9.37. The van der Waals surface area contributed by atoms with Crippen LogP contribution in [0.5, 0.6) is 0 Å². The predicted octanol–water partition coefficient (Wildman–Crippen LogP) is 3.49. The average Bonchev–Trinajstić information content (AvgIpc) is 3.26. The van der Waals surface area contributed by atoms with Crippen molar-refractivity contribution in [1.82, 2.24) is 14.8 Å². The fourth-order valence-corrected chi connectivity index (χ4v) is 5.58. The lowest BCUT2D eigenvalue weighted by atomic mass is 9.94. The molecule has 1 saturated heterocycles. The lowest BCUT2D eigenvalue weighted by Gasteiger charge is -2.31. The van der Waals surface area contributed by atoms with Crippen molar-refractivity contribution in [2.75, 3.05) is 25.4 Å². The number of pyridine rings is 1. The van der Waals surface area contributed by atoms with Crippen molar-refractivity contribution < 1.29 is 14.7 Å². The minimum atomic E-state index is -0.250. The van der Waals surface area contributed by atoms with Crippen LogP contribution in [0.15, 0.2) is 12.1 Å². The van der Waals surface area contributed by atoms with Gasteiger partial charge in [0.2, 0.25) is 5.91 Å². The fourth-order valence-electron chi connectivity index (χ4n) is 4.45. The molecule has 0 radical (unpaired) electrons. The van der Waals surface area contributed by atoms with E-state index >= 15 is 0 Å². The third-order valence-corrected chi connectivity index (χ3v) is 7.12. The maximum absolute atomic E-state index is 12.6. The Morgan fingerprint density at radius 3 is 2.64 bits per heavy atom. The van der Waals surface area contributed by atoms with E-state index in [4.69, 9.17) is 15.6 Å². The molecule has 0 unspecified atom stereocenters. The molecular weight excluding hydrogens is 438 g/mol. The lowest BCUT2D eigenvalue weighted by molar-refractivity contribution is -0.135. The second kappa shape index (κ2) is 11.3. The van der Waals surface area contributed by atoms with Crippen molar-refractivity contribution in [2.24, 2.45) is 5.92 Å². The summed E-state index contributed by atoms with van der Waals surface area (Å²) in [6.07, 6.45) is 4.53. The summed E-state index contributed by atoms with van der Waals surface area (Å²) in [5.74, 6) is 0.379. The highest BCUT2D eigenvalue weighted by Crippen LogP contribution is 2.39. The molecule has 3 N–H and O–H groups in total. The Morgan fingerprint density at radius 1 is 1.30 bits per heavy atom. The Morgan fingerprint density at radius 2 is 2.00 bits per heavy atom. The van der Waals surface area contributed by atoms with E-state index < -0.39 is 0 Å². The molecular formula is C24H31N5O3S. The summed E-state index contributed by atoms with van der Waals surface area (Å²) in [4.78, 5) is 32.2. The van der Waals surface area contributed by atoms with Gasteiger partial charge in [-0.05, 0) is 38.1 Å². The van der Waals surface area contributed by atoms with Gasteiger partial charge in [0.25, 0.3) is 6.47 Å². The summed E-state index contributed by atoms with van der Waals surface area (Å²) in [6, 6.07) is 6.54. The van der Waals surface area contributed by atoms with E-state index in [9.17, 15) is 10.1 Å². The number of piperidine rings is 1. The van der Waals surface area contributed by atoms with Crippen molar-refractivity contribution in [3.8, 4) is 16.5 Å². The first-order valence-corrected chi connectivity index (χ1v) is 12.1. The van der Waals surface area contributed by atoms with E-state index in [1.54, 1.807) is 11.3 Å². The SMILES string of the molecule is CC(C)C(=O)N1CCc2nc(N)c(C#N)c(-c3ccc(CN4CCCCC4)s3)c2C1.O=CO. The molecule has 2 aromatic rings. The van der Waals surface area contributed by atoms with Gasteiger partial charge in [0.15, 0.2) is 0 Å². The first-order valence-electron chi connectivity index (χ1n) is 11.3. The molecule has 1 amide bonds. The van der Waals surface area contributed by atoms with E-state index in [0.29, 0.717) is 30.9 Å². The number of hydrogen-bond acceptors (Lipinski definition) is 7. The van der Waals surface area contributed by atoms with Crippen LogP contribution in [-0.4, -0.2) is 51.9 Å². The number of carbonyl (C=O) groups excluding carboxylic acids is 1. The van der Waals surface area contributed by atoms with Crippen LogP contribution in [0, 0.1) is 17.2 Å². The first kappa shape index (κ1) is 24.7. The highest BCUT2D eigenvalue weighted by Gasteiger charge is 2.29. The topological polar surface area (TPSA) is 124 Å². The number of aromatic nitrogens is 1. The van der Waals surface area contributed by atoms with Crippen LogP contribution in [0.3, 0.4) is 0 Å². The zero-order valence-corrected chi connectivity index (χ0v) is 20.0. The van der Waals surface area contributed by atoms with Crippen LogP contribution in [0.1, 0.15) is 54.8 Å². The number of fused-ring (bicyclic) bond motifs is 1. The van der Waals surface area contributed by atoms with Crippen LogP contribution in [-0.2, 0) is 29.1 Å². The third kappa shape index (κ3) is 5.70. The molecule has 2 aromatic heterocycles. The quantitative estimate of drug-likeness (QED) is 0.657. The van der Waals surface area contributed by atoms with Crippen LogP contribution in [0.4, 0.5) is 5.82 Å². The van der Waals surface area contributed by atoms with Gasteiger partial charge in [0.1, 0.15) is 17.5 Å². The van der Waals surface area contributed by atoms with E-state index in [1.807, 2.05) is 18.7 Å². The highest BCUT2D eigenvalue weighted by atomic mass is 32.1. The van der Waals surface area contributed by atoms with Crippen LogP contribution in [0.25, 0.3) is 10.4 Å². The van der Waals surface area contributed by atoms with Crippen molar-refractivity contribution in [1.29, 1.82) is 5.26 Å². The second-order valence-corrected chi connectivity index (χ2v) is 9.83. The molecule has 9 heteroatoms. The number of thiophene rings is 1. The average molecular weight is 470 g/mol. The van der Waals surface area contributed by atoms with Gasteiger partial charge in [-0.1, -0.05) is 20.3 Å². The van der Waals surface area contributed by atoms with Crippen molar-refractivity contribution in [3.63, 3.8) is 0 Å². The number of hydrogen-bond donors (Lipinski definition) is 2. The van der Waals surface area contributed by atoms with Crippen molar-refractivity contribution in [2.45, 2.75) is 52.6 Å². The van der Waals surface area contributed by atoms with Crippen LogP contribution >= 0.6 is 11.3 Å². The molecule has 176 valence electrons. The summed E-state index contributed by atoms with van der Waals surface area (Å²) in [6.45, 7) is 7.99. The summed E-state index contributed by atoms with van der Waals surface area (Å²) in [5, 5.41) is 16.7. The Bertz CT molecular complexity index is 1040. The standard InChI is InChI=1S/C23H29N5OS.CH2O2/c1-15(2)23(29)28-11-8-19-18(14-28)21(17(12-24)22(25)26-19)20-7-6-16(30-20)13-27-9-4-3-5-10-27;2-1-3/h6-7,15H,3-5,8-11,13-14H2,1-2H3,(H2,25,26);1H,(H,2,3). The molecule has 0 aromatic carbocycles. The lowest BCUT2D eigenvalue weighted by Crippen LogP contribution is -2.39. The number of anilines is 1. The first-order chi connectivity index (χ1) is 15.9. The second-order valence-electron chi connectivity index (χ2n) is 8.66. The molecule has 1 fully saturated rings. The summed E-state index contributed by atoms with van der Waals surface area (Å²) < 4.78 is 0. The molecule has 4 rings (SSSR count). The molecule has 0 saturated carbocycles. The van der Waals surface area contributed by atoms with Gasteiger partial charge in [0, 0.05) is 52.9 Å². The van der Waals surface area contributed by atoms with Gasteiger partial charge in [-0.15, -0.1) is 11.3 Å².